The van der Waals surface area contributed by atoms with Crippen LogP contribution in [-0.2, 0) is 0 Å². The summed E-state index contributed by atoms with van der Waals surface area (Å²) in [5.74, 6) is 0.375. The van der Waals surface area contributed by atoms with Crippen LogP contribution >= 0.6 is 55.0 Å². The Hall–Kier alpha value is -0.110. The molecule has 0 aliphatic heterocycles. The second-order valence-electron chi connectivity index (χ2n) is 2.75. The Bertz CT molecular complexity index is 496. The average molecular weight is 383 g/mol. The first-order valence-corrected chi connectivity index (χ1v) is 7.56. The molecule has 0 radical (unpaired) electrons. The maximum atomic E-state index is 11.8. The van der Waals surface area contributed by atoms with Crippen molar-refractivity contribution in [3.8, 4) is 0 Å². The highest BCUT2D eigenvalue weighted by atomic mass is 79.9. The van der Waals surface area contributed by atoms with Crippen LogP contribution in [0.2, 0.25) is 0 Å². The summed E-state index contributed by atoms with van der Waals surface area (Å²) in [6, 6.07) is 1.81. The van der Waals surface area contributed by atoms with Gasteiger partial charge in [0.1, 0.15) is 6.26 Å². The highest BCUT2D eigenvalue weighted by Gasteiger charge is 2.14. The van der Waals surface area contributed by atoms with Gasteiger partial charge < -0.3 is 4.42 Å². The van der Waals surface area contributed by atoms with Gasteiger partial charge in [-0.2, -0.15) is 0 Å². The zero-order valence-corrected chi connectivity index (χ0v) is 12.6. The van der Waals surface area contributed by atoms with E-state index in [0.717, 1.165) is 7.57 Å². The molecule has 0 N–H and O–H groups in total. The van der Waals surface area contributed by atoms with E-state index in [4.69, 9.17) is 4.42 Å². The van der Waals surface area contributed by atoms with Crippen LogP contribution in [0.4, 0.5) is 0 Å². The topological polar surface area (TPSA) is 43.1 Å². The van der Waals surface area contributed by atoms with Gasteiger partial charge in [0.2, 0.25) is 0 Å². The lowest BCUT2D eigenvalue weighted by Gasteiger charge is -1.96. The predicted molar refractivity (Wildman–Crippen MR) is 71.3 cm³/mol. The number of carbonyl (C=O) groups excluding carboxylic acids is 1. The summed E-state index contributed by atoms with van der Waals surface area (Å²) in [7, 11) is 0. The van der Waals surface area contributed by atoms with Crippen molar-refractivity contribution in [3.05, 3.63) is 31.7 Å². The molecule has 84 valence electrons. The summed E-state index contributed by atoms with van der Waals surface area (Å²) in [6.07, 6.45) is 3.05. The van der Waals surface area contributed by atoms with Crippen molar-refractivity contribution >= 4 is 60.7 Å². The van der Waals surface area contributed by atoms with E-state index >= 15 is 0 Å². The van der Waals surface area contributed by atoms with E-state index in [9.17, 15) is 4.79 Å². The molecule has 0 aromatic carbocycles. The fourth-order valence-electron chi connectivity index (χ4n) is 1.02. The number of hydrogen-bond acceptors (Lipinski definition) is 5. The van der Waals surface area contributed by atoms with Crippen LogP contribution in [0.1, 0.15) is 10.4 Å². The molecular weight excluding hydrogens is 378 g/mol. The number of oxazole rings is 1. The number of ketones is 1. The summed E-state index contributed by atoms with van der Waals surface area (Å²) < 4.78 is 6.82. The molecule has 2 rings (SSSR count). The molecule has 16 heavy (non-hydrogen) atoms. The molecule has 3 nitrogen and oxygen atoms in total. The molecular formula is C9H5Br2NO2S2. The lowest BCUT2D eigenvalue weighted by molar-refractivity contribution is 0.102. The molecule has 0 saturated carbocycles. The number of aromatic nitrogens is 1. The number of halogens is 2. The van der Waals surface area contributed by atoms with Gasteiger partial charge in [0.05, 0.1) is 19.5 Å². The zero-order chi connectivity index (χ0) is 11.5. The molecule has 0 aliphatic rings. The van der Waals surface area contributed by atoms with Crippen molar-refractivity contribution in [1.82, 2.24) is 4.98 Å². The Morgan fingerprint density at radius 3 is 2.94 bits per heavy atom. The van der Waals surface area contributed by atoms with Crippen LogP contribution in [-0.4, -0.2) is 16.5 Å². The molecule has 0 fully saturated rings. The van der Waals surface area contributed by atoms with Crippen LogP contribution in [0.15, 0.2) is 35.7 Å². The van der Waals surface area contributed by atoms with E-state index in [1.807, 2.05) is 6.07 Å². The molecule has 0 aliphatic carbocycles. The van der Waals surface area contributed by atoms with Gasteiger partial charge in [-0.25, -0.2) is 4.98 Å². The summed E-state index contributed by atoms with van der Waals surface area (Å²) >= 11 is 9.47. The standard InChI is InChI=1S/C9H5Br2NO2S2/c10-7-3-5(8(11)16-7)6(13)4-15-9-12-1-2-14-9/h1-3H,4H2. The number of thiophene rings is 1. The minimum absolute atomic E-state index is 0.0528. The number of hydrogen-bond donors (Lipinski definition) is 0. The summed E-state index contributed by atoms with van der Waals surface area (Å²) in [5, 5.41) is 0.513. The first-order chi connectivity index (χ1) is 7.66. The third-order valence-corrected chi connectivity index (χ3v) is 4.89. The van der Waals surface area contributed by atoms with Crippen molar-refractivity contribution in [1.29, 1.82) is 0 Å². The molecule has 7 heteroatoms. The number of thioether (sulfide) groups is 1. The van der Waals surface area contributed by atoms with Crippen molar-refractivity contribution < 1.29 is 9.21 Å². The maximum Gasteiger partial charge on any atom is 0.255 e. The summed E-state index contributed by atoms with van der Waals surface area (Å²) in [6.45, 7) is 0. The third-order valence-electron chi connectivity index (χ3n) is 1.69. The van der Waals surface area contributed by atoms with Gasteiger partial charge in [-0.1, -0.05) is 11.8 Å². The lowest BCUT2D eigenvalue weighted by Crippen LogP contribution is -2.01. The van der Waals surface area contributed by atoms with Gasteiger partial charge in [-0.15, -0.1) is 11.3 Å². The average Bonchev–Trinajstić information content (AvgIpc) is 2.84. The lowest BCUT2D eigenvalue weighted by atomic mass is 10.2. The molecule has 2 heterocycles. The molecule has 0 saturated heterocycles. The molecule has 2 aromatic heterocycles. The maximum absolute atomic E-state index is 11.8. The number of rotatable bonds is 4. The Balaban J connectivity index is 2.01. The molecule has 0 unspecified atom stereocenters. The van der Waals surface area contributed by atoms with Crippen molar-refractivity contribution in [2.45, 2.75) is 5.22 Å². The molecule has 0 amide bonds. The summed E-state index contributed by atoms with van der Waals surface area (Å²) in [5.41, 5.74) is 0.691. The molecule has 0 bridgehead atoms. The minimum Gasteiger partial charge on any atom is -0.440 e. The first-order valence-electron chi connectivity index (χ1n) is 4.17. The van der Waals surface area contributed by atoms with Gasteiger partial charge in [0.15, 0.2) is 5.78 Å². The third kappa shape index (κ3) is 2.97. The molecule has 2 aromatic rings. The van der Waals surface area contributed by atoms with Crippen molar-refractivity contribution in [2.24, 2.45) is 0 Å². The first kappa shape index (κ1) is 12.3. The fourth-order valence-corrected chi connectivity index (χ4v) is 4.54. The van der Waals surface area contributed by atoms with Crippen LogP contribution in [0.3, 0.4) is 0 Å². The van der Waals surface area contributed by atoms with E-state index in [1.165, 1.54) is 29.4 Å². The van der Waals surface area contributed by atoms with Crippen LogP contribution in [0.25, 0.3) is 0 Å². The van der Waals surface area contributed by atoms with E-state index < -0.39 is 0 Å². The van der Waals surface area contributed by atoms with Crippen molar-refractivity contribution in [2.75, 3.05) is 5.75 Å². The van der Waals surface area contributed by atoms with E-state index in [0.29, 0.717) is 16.5 Å². The highest BCUT2D eigenvalue weighted by Crippen LogP contribution is 2.32. The number of carbonyl (C=O) groups is 1. The second-order valence-corrected chi connectivity index (χ2v) is 7.42. The van der Waals surface area contributed by atoms with Gasteiger partial charge >= 0.3 is 0 Å². The Morgan fingerprint density at radius 1 is 1.56 bits per heavy atom. The highest BCUT2D eigenvalue weighted by molar-refractivity contribution is 9.12. The summed E-state index contributed by atoms with van der Waals surface area (Å²) in [4.78, 5) is 15.8. The van der Waals surface area contributed by atoms with Gasteiger partial charge in [-0.3, -0.25) is 4.79 Å². The Labute approximate surface area is 117 Å². The number of Topliss-reactive ketones (excluding diaryl/α,β-unsaturated/α-hetero) is 1. The SMILES string of the molecule is O=C(CSc1ncco1)c1cc(Br)sc1Br. The monoisotopic (exact) mass is 381 g/mol. The predicted octanol–water partition coefficient (Wildman–Crippen LogP) is 4.24. The van der Waals surface area contributed by atoms with Gasteiger partial charge in [0, 0.05) is 5.56 Å². The van der Waals surface area contributed by atoms with Gasteiger partial charge in [0.25, 0.3) is 5.22 Å². The largest absolute Gasteiger partial charge is 0.440 e. The molecule has 0 atom stereocenters. The smallest absolute Gasteiger partial charge is 0.255 e. The van der Waals surface area contributed by atoms with Crippen molar-refractivity contribution in [3.63, 3.8) is 0 Å². The van der Waals surface area contributed by atoms with Crippen LogP contribution < -0.4 is 0 Å². The van der Waals surface area contributed by atoms with Gasteiger partial charge in [-0.05, 0) is 37.9 Å². The van der Waals surface area contributed by atoms with Crippen LogP contribution in [0.5, 0.6) is 0 Å². The van der Waals surface area contributed by atoms with E-state index in [2.05, 4.69) is 36.8 Å². The quantitative estimate of drug-likeness (QED) is 0.586. The minimum atomic E-state index is 0.0528. The second kappa shape index (κ2) is 5.48. The van der Waals surface area contributed by atoms with E-state index in [-0.39, 0.29) is 5.78 Å². The Morgan fingerprint density at radius 2 is 2.38 bits per heavy atom. The number of nitrogens with zero attached hydrogens (tertiary/aromatic N) is 1. The normalized spacial score (nSPS) is 10.6. The van der Waals surface area contributed by atoms with E-state index in [1.54, 1.807) is 6.20 Å². The Kier molecular flexibility index (Phi) is 4.23. The fraction of sp³-hybridized carbons (Fsp3) is 0.111. The zero-order valence-electron chi connectivity index (χ0n) is 7.78. The van der Waals surface area contributed by atoms with Crippen LogP contribution in [0, 0.1) is 0 Å². The molecule has 0 spiro atoms.